The molecule has 0 amide bonds. The molecule has 0 heterocycles. The van der Waals surface area contributed by atoms with E-state index < -0.39 is 23.9 Å². The zero-order chi connectivity index (χ0) is 36.1. The van der Waals surface area contributed by atoms with Crippen LogP contribution in [0.25, 0.3) is 0 Å². The fourth-order valence-corrected chi connectivity index (χ4v) is 4.65. The summed E-state index contributed by atoms with van der Waals surface area (Å²) >= 11 is 0. The standard InChI is InChI=1S/C40H46O10/c1-5-37(41)47-26-8-10-29(3)23-27-46-34-17-13-32(14-18-34)40(44)50-36-21-19-35(20-22-36)49-39(43)31-11-15-33(16-12-31)45-25-7-9-30(4)24-28-48-38(42)6-2/h5-6,11-22,29-30H,1-2,7-10,23-28H2,3-4H3. The van der Waals surface area contributed by atoms with Gasteiger partial charge in [0.15, 0.2) is 0 Å². The fraction of sp³-hybridized carbons (Fsp3) is 0.350. The third kappa shape index (κ3) is 14.8. The molecule has 0 saturated heterocycles. The molecule has 266 valence electrons. The van der Waals surface area contributed by atoms with E-state index in [1.54, 1.807) is 72.8 Å². The zero-order valence-electron chi connectivity index (χ0n) is 28.8. The monoisotopic (exact) mass is 686 g/mol. The summed E-state index contributed by atoms with van der Waals surface area (Å²) in [5.41, 5.74) is 0.724. The predicted molar refractivity (Wildman–Crippen MR) is 189 cm³/mol. The number of carbonyl (C=O) groups is 4. The SMILES string of the molecule is C=CC(=O)OCCCC(C)CCOc1ccc(C(=O)Oc2ccc(OC(=O)c3ccc(OCCCC(C)CCOC(=O)C=C)cc3)cc2)cc1. The van der Waals surface area contributed by atoms with E-state index in [2.05, 4.69) is 27.0 Å². The molecule has 3 aromatic carbocycles. The molecule has 0 N–H and O–H groups in total. The van der Waals surface area contributed by atoms with Crippen LogP contribution in [0.4, 0.5) is 0 Å². The normalized spacial score (nSPS) is 11.7. The molecule has 0 radical (unpaired) electrons. The summed E-state index contributed by atoms with van der Waals surface area (Å²) in [6, 6.07) is 19.6. The van der Waals surface area contributed by atoms with Gasteiger partial charge >= 0.3 is 23.9 Å². The van der Waals surface area contributed by atoms with Gasteiger partial charge in [0.05, 0.1) is 37.6 Å². The molecule has 0 aliphatic carbocycles. The van der Waals surface area contributed by atoms with Gasteiger partial charge in [-0.15, -0.1) is 0 Å². The first-order valence-electron chi connectivity index (χ1n) is 16.7. The van der Waals surface area contributed by atoms with E-state index in [4.69, 9.17) is 28.4 Å². The van der Waals surface area contributed by atoms with Crippen LogP contribution in [0.2, 0.25) is 0 Å². The molecule has 3 aromatic rings. The maximum Gasteiger partial charge on any atom is 0.343 e. The van der Waals surface area contributed by atoms with Gasteiger partial charge in [0, 0.05) is 12.2 Å². The third-order valence-corrected chi connectivity index (χ3v) is 7.69. The lowest BCUT2D eigenvalue weighted by molar-refractivity contribution is -0.138. The summed E-state index contributed by atoms with van der Waals surface area (Å²) < 4.78 is 32.5. The molecule has 0 aromatic heterocycles. The van der Waals surface area contributed by atoms with Crippen molar-refractivity contribution >= 4 is 23.9 Å². The first-order chi connectivity index (χ1) is 24.2. The van der Waals surface area contributed by atoms with Crippen molar-refractivity contribution in [1.82, 2.24) is 0 Å². The van der Waals surface area contributed by atoms with Crippen LogP contribution in [0.5, 0.6) is 23.0 Å². The summed E-state index contributed by atoms with van der Waals surface area (Å²) in [5, 5.41) is 0. The van der Waals surface area contributed by atoms with Crippen LogP contribution in [-0.2, 0) is 19.1 Å². The van der Waals surface area contributed by atoms with E-state index in [-0.39, 0.29) is 0 Å². The minimum Gasteiger partial charge on any atom is -0.494 e. The molecule has 0 aliphatic rings. The van der Waals surface area contributed by atoms with Crippen LogP contribution >= 0.6 is 0 Å². The minimum atomic E-state index is -0.532. The molecular weight excluding hydrogens is 640 g/mol. The van der Waals surface area contributed by atoms with Crippen molar-refractivity contribution in [1.29, 1.82) is 0 Å². The average Bonchev–Trinajstić information content (AvgIpc) is 3.13. The Bertz CT molecular complexity index is 1530. The summed E-state index contributed by atoms with van der Waals surface area (Å²) in [6.07, 6.45) is 7.39. The summed E-state index contributed by atoms with van der Waals surface area (Å²) in [4.78, 5) is 47.5. The molecule has 10 heteroatoms. The maximum atomic E-state index is 12.7. The van der Waals surface area contributed by atoms with Crippen LogP contribution in [0.1, 0.15) is 73.1 Å². The Labute approximate surface area is 294 Å². The van der Waals surface area contributed by atoms with Gasteiger partial charge < -0.3 is 28.4 Å². The maximum absolute atomic E-state index is 12.7. The topological polar surface area (TPSA) is 124 Å². The molecule has 0 aliphatic heterocycles. The predicted octanol–water partition coefficient (Wildman–Crippen LogP) is 7.95. The van der Waals surface area contributed by atoms with E-state index in [0.29, 0.717) is 72.4 Å². The van der Waals surface area contributed by atoms with Gasteiger partial charge in [-0.25, -0.2) is 19.2 Å². The van der Waals surface area contributed by atoms with Gasteiger partial charge in [0.2, 0.25) is 0 Å². The second-order valence-corrected chi connectivity index (χ2v) is 11.8. The quantitative estimate of drug-likeness (QED) is 0.0445. The molecule has 2 atom stereocenters. The van der Waals surface area contributed by atoms with Crippen LogP contribution in [0, 0.1) is 11.8 Å². The Kier molecular flexibility index (Phi) is 16.8. The van der Waals surface area contributed by atoms with Gasteiger partial charge in [-0.2, -0.15) is 0 Å². The lowest BCUT2D eigenvalue weighted by Crippen LogP contribution is -2.10. The Morgan fingerprint density at radius 1 is 0.520 bits per heavy atom. The smallest absolute Gasteiger partial charge is 0.343 e. The molecule has 50 heavy (non-hydrogen) atoms. The van der Waals surface area contributed by atoms with Gasteiger partial charge in [-0.05, 0) is 123 Å². The van der Waals surface area contributed by atoms with Crippen molar-refractivity contribution in [3.8, 4) is 23.0 Å². The first-order valence-corrected chi connectivity index (χ1v) is 16.7. The largest absolute Gasteiger partial charge is 0.494 e. The van der Waals surface area contributed by atoms with Crippen molar-refractivity contribution in [2.45, 2.75) is 52.4 Å². The number of carbonyl (C=O) groups excluding carboxylic acids is 4. The van der Waals surface area contributed by atoms with Crippen molar-refractivity contribution in [3.05, 3.63) is 109 Å². The average molecular weight is 687 g/mol. The Morgan fingerprint density at radius 3 is 1.36 bits per heavy atom. The lowest BCUT2D eigenvalue weighted by atomic mass is 10.0. The number of hydrogen-bond donors (Lipinski definition) is 0. The van der Waals surface area contributed by atoms with Crippen LogP contribution in [-0.4, -0.2) is 50.3 Å². The number of hydrogen-bond acceptors (Lipinski definition) is 10. The summed E-state index contributed by atoms with van der Waals surface area (Å²) in [5.74, 6) is 0.801. The zero-order valence-corrected chi connectivity index (χ0v) is 28.8. The highest BCUT2D eigenvalue weighted by Crippen LogP contribution is 2.22. The summed E-state index contributed by atoms with van der Waals surface area (Å²) in [7, 11) is 0. The highest BCUT2D eigenvalue weighted by Gasteiger charge is 2.12. The molecule has 0 bridgehead atoms. The van der Waals surface area contributed by atoms with E-state index in [9.17, 15) is 19.2 Å². The number of benzene rings is 3. The molecule has 0 saturated carbocycles. The molecule has 0 fully saturated rings. The van der Waals surface area contributed by atoms with Crippen molar-refractivity contribution < 1.29 is 47.6 Å². The summed E-state index contributed by atoms with van der Waals surface area (Å²) in [6.45, 7) is 12.8. The van der Waals surface area contributed by atoms with Crippen LogP contribution in [0.15, 0.2) is 98.1 Å². The second-order valence-electron chi connectivity index (χ2n) is 11.8. The lowest BCUT2D eigenvalue weighted by Gasteiger charge is -2.12. The van der Waals surface area contributed by atoms with Gasteiger partial charge in [-0.3, -0.25) is 0 Å². The number of rotatable bonds is 22. The first kappa shape index (κ1) is 39.1. The van der Waals surface area contributed by atoms with Crippen molar-refractivity contribution in [2.75, 3.05) is 26.4 Å². The van der Waals surface area contributed by atoms with Crippen LogP contribution < -0.4 is 18.9 Å². The third-order valence-electron chi connectivity index (χ3n) is 7.69. The van der Waals surface area contributed by atoms with E-state index >= 15 is 0 Å². The molecule has 3 rings (SSSR count). The highest BCUT2D eigenvalue weighted by molar-refractivity contribution is 5.92. The molecular formula is C40H46O10. The van der Waals surface area contributed by atoms with Crippen molar-refractivity contribution in [2.24, 2.45) is 11.8 Å². The molecule has 10 nitrogen and oxygen atoms in total. The second kappa shape index (κ2) is 21.6. The Morgan fingerprint density at radius 2 is 0.900 bits per heavy atom. The van der Waals surface area contributed by atoms with Crippen LogP contribution in [0.3, 0.4) is 0 Å². The highest BCUT2D eigenvalue weighted by atomic mass is 16.5. The van der Waals surface area contributed by atoms with Gasteiger partial charge in [0.1, 0.15) is 23.0 Å². The number of esters is 4. The van der Waals surface area contributed by atoms with E-state index in [1.165, 1.54) is 0 Å². The Hall–Kier alpha value is -5.38. The molecule has 0 spiro atoms. The minimum absolute atomic E-state index is 0.301. The fourth-order valence-electron chi connectivity index (χ4n) is 4.65. The molecule has 2 unspecified atom stereocenters. The van der Waals surface area contributed by atoms with Gasteiger partial charge in [-0.1, -0.05) is 27.0 Å². The number of ether oxygens (including phenoxy) is 6. The van der Waals surface area contributed by atoms with E-state index in [0.717, 1.165) is 50.7 Å². The van der Waals surface area contributed by atoms with Gasteiger partial charge in [0.25, 0.3) is 0 Å². The van der Waals surface area contributed by atoms with E-state index in [1.807, 2.05) is 0 Å². The van der Waals surface area contributed by atoms with Crippen molar-refractivity contribution in [3.63, 3.8) is 0 Å². The Balaban J connectivity index is 1.34.